The van der Waals surface area contributed by atoms with Crippen LogP contribution in [0.5, 0.6) is 0 Å². The molecule has 1 aromatic carbocycles. The van der Waals surface area contributed by atoms with E-state index in [1.807, 2.05) is 11.8 Å². The van der Waals surface area contributed by atoms with Crippen LogP contribution in [-0.4, -0.2) is 17.5 Å². The van der Waals surface area contributed by atoms with Gasteiger partial charge >= 0.3 is 0 Å². The number of nitrogens with one attached hydrogen (secondary N) is 1. The fourth-order valence-corrected chi connectivity index (χ4v) is 2.63. The third kappa shape index (κ3) is 4.56. The lowest BCUT2D eigenvalue weighted by Gasteiger charge is -2.15. The minimum absolute atomic E-state index is 0.367. The van der Waals surface area contributed by atoms with Crippen molar-refractivity contribution in [2.45, 2.75) is 33.2 Å². The molecular formula is C13H22N2S. The number of nitrogens with two attached hydrogens (primary N) is 1. The van der Waals surface area contributed by atoms with E-state index in [9.17, 15) is 0 Å². The van der Waals surface area contributed by atoms with Gasteiger partial charge in [-0.3, -0.25) is 11.3 Å². The number of thioether (sulfide) groups is 1. The molecule has 1 aromatic rings. The van der Waals surface area contributed by atoms with E-state index in [0.29, 0.717) is 6.04 Å². The number of aryl methyl sites for hydroxylation is 2. The molecule has 1 unspecified atom stereocenters. The van der Waals surface area contributed by atoms with E-state index in [1.54, 1.807) is 0 Å². The van der Waals surface area contributed by atoms with Gasteiger partial charge in [-0.25, -0.2) is 0 Å². The number of hydrazine groups is 1. The summed E-state index contributed by atoms with van der Waals surface area (Å²) < 4.78 is 0. The van der Waals surface area contributed by atoms with Crippen LogP contribution in [0.4, 0.5) is 0 Å². The van der Waals surface area contributed by atoms with Crippen LogP contribution in [0.2, 0.25) is 0 Å². The first-order valence-corrected chi connectivity index (χ1v) is 6.92. The highest BCUT2D eigenvalue weighted by Gasteiger charge is 2.07. The summed E-state index contributed by atoms with van der Waals surface area (Å²) in [5.41, 5.74) is 6.93. The third-order valence-corrected chi connectivity index (χ3v) is 3.57. The zero-order valence-corrected chi connectivity index (χ0v) is 11.2. The van der Waals surface area contributed by atoms with Crippen LogP contribution < -0.4 is 11.3 Å². The molecule has 3 heteroatoms. The Hall–Kier alpha value is -0.510. The number of hydrogen-bond donors (Lipinski definition) is 2. The summed E-state index contributed by atoms with van der Waals surface area (Å²) in [5.74, 6) is 7.79. The van der Waals surface area contributed by atoms with Gasteiger partial charge in [0.2, 0.25) is 0 Å². The summed E-state index contributed by atoms with van der Waals surface area (Å²) in [6.07, 6.45) is 1.01. The predicted octanol–water partition coefficient (Wildman–Crippen LogP) is 2.43. The molecule has 90 valence electrons. The van der Waals surface area contributed by atoms with Crippen LogP contribution in [0.25, 0.3) is 0 Å². The van der Waals surface area contributed by atoms with Gasteiger partial charge in [-0.05, 0) is 31.6 Å². The minimum Gasteiger partial charge on any atom is -0.271 e. The summed E-state index contributed by atoms with van der Waals surface area (Å²) in [5, 5.41) is 0. The SMILES string of the molecule is CCSCC(Cc1cc(C)cc(C)c1)NN. The van der Waals surface area contributed by atoms with Gasteiger partial charge in [0.05, 0.1) is 0 Å². The van der Waals surface area contributed by atoms with Gasteiger partial charge < -0.3 is 0 Å². The van der Waals surface area contributed by atoms with Crippen molar-refractivity contribution in [1.29, 1.82) is 0 Å². The fraction of sp³-hybridized carbons (Fsp3) is 0.538. The number of rotatable bonds is 6. The smallest absolute Gasteiger partial charge is 0.0341 e. The summed E-state index contributed by atoms with van der Waals surface area (Å²) in [4.78, 5) is 0. The second kappa shape index (κ2) is 6.94. The lowest BCUT2D eigenvalue weighted by molar-refractivity contribution is 0.575. The first-order chi connectivity index (χ1) is 7.65. The molecule has 0 spiro atoms. The largest absolute Gasteiger partial charge is 0.271 e. The highest BCUT2D eigenvalue weighted by Crippen LogP contribution is 2.12. The van der Waals surface area contributed by atoms with Crippen LogP contribution >= 0.6 is 11.8 Å². The molecule has 2 nitrogen and oxygen atoms in total. The molecule has 0 aromatic heterocycles. The average Bonchev–Trinajstić information content (AvgIpc) is 2.22. The van der Waals surface area contributed by atoms with Crippen LogP contribution in [0, 0.1) is 13.8 Å². The zero-order valence-electron chi connectivity index (χ0n) is 10.4. The van der Waals surface area contributed by atoms with Gasteiger partial charge in [0.15, 0.2) is 0 Å². The molecule has 0 saturated heterocycles. The maximum absolute atomic E-state index is 5.57. The molecule has 0 saturated carbocycles. The lowest BCUT2D eigenvalue weighted by Crippen LogP contribution is -2.38. The monoisotopic (exact) mass is 238 g/mol. The Bertz CT molecular complexity index is 305. The van der Waals surface area contributed by atoms with E-state index in [0.717, 1.165) is 17.9 Å². The molecule has 0 aliphatic heterocycles. The molecule has 0 radical (unpaired) electrons. The van der Waals surface area contributed by atoms with Crippen molar-refractivity contribution in [3.63, 3.8) is 0 Å². The summed E-state index contributed by atoms with van der Waals surface area (Å²) in [6, 6.07) is 7.06. The Morgan fingerprint density at radius 3 is 2.38 bits per heavy atom. The van der Waals surface area contributed by atoms with Crippen molar-refractivity contribution in [2.75, 3.05) is 11.5 Å². The maximum atomic E-state index is 5.57. The summed E-state index contributed by atoms with van der Waals surface area (Å²) in [7, 11) is 0. The molecule has 1 rings (SSSR count). The molecule has 0 fully saturated rings. The van der Waals surface area contributed by atoms with Crippen molar-refractivity contribution < 1.29 is 0 Å². The zero-order chi connectivity index (χ0) is 12.0. The Labute approximate surface area is 103 Å². The molecule has 0 amide bonds. The van der Waals surface area contributed by atoms with Gasteiger partial charge in [-0.2, -0.15) is 11.8 Å². The molecule has 0 aliphatic rings. The second-order valence-electron chi connectivity index (χ2n) is 4.22. The molecule has 0 bridgehead atoms. The highest BCUT2D eigenvalue weighted by atomic mass is 32.2. The standard InChI is InChI=1S/C13H22N2S/c1-4-16-9-13(15-14)8-12-6-10(2)5-11(3)7-12/h5-7,13,15H,4,8-9,14H2,1-3H3. The first kappa shape index (κ1) is 13.6. The third-order valence-electron chi connectivity index (χ3n) is 2.52. The number of benzene rings is 1. The Kier molecular flexibility index (Phi) is 5.88. The van der Waals surface area contributed by atoms with Gasteiger partial charge in [-0.15, -0.1) is 0 Å². The predicted molar refractivity (Wildman–Crippen MR) is 73.7 cm³/mol. The van der Waals surface area contributed by atoms with Crippen LogP contribution in [-0.2, 0) is 6.42 Å². The van der Waals surface area contributed by atoms with Gasteiger partial charge in [-0.1, -0.05) is 36.2 Å². The number of hydrogen-bond acceptors (Lipinski definition) is 3. The maximum Gasteiger partial charge on any atom is 0.0341 e. The first-order valence-electron chi connectivity index (χ1n) is 5.76. The fourth-order valence-electron chi connectivity index (χ4n) is 1.90. The summed E-state index contributed by atoms with van der Waals surface area (Å²) >= 11 is 1.93. The van der Waals surface area contributed by atoms with Crippen LogP contribution in [0.3, 0.4) is 0 Å². The van der Waals surface area contributed by atoms with Crippen LogP contribution in [0.1, 0.15) is 23.6 Å². The van der Waals surface area contributed by atoms with Gasteiger partial charge in [0, 0.05) is 11.8 Å². The lowest BCUT2D eigenvalue weighted by atomic mass is 10.0. The Morgan fingerprint density at radius 1 is 1.25 bits per heavy atom. The average molecular weight is 238 g/mol. The quantitative estimate of drug-likeness (QED) is 0.590. The van der Waals surface area contributed by atoms with E-state index in [1.165, 1.54) is 16.7 Å². The molecule has 1 atom stereocenters. The van der Waals surface area contributed by atoms with E-state index in [-0.39, 0.29) is 0 Å². The minimum atomic E-state index is 0.367. The van der Waals surface area contributed by atoms with Crippen molar-refractivity contribution >= 4 is 11.8 Å². The van der Waals surface area contributed by atoms with Gasteiger partial charge in [0.25, 0.3) is 0 Å². The molecule has 0 heterocycles. The topological polar surface area (TPSA) is 38.0 Å². The van der Waals surface area contributed by atoms with Crippen molar-refractivity contribution in [3.05, 3.63) is 34.9 Å². The second-order valence-corrected chi connectivity index (χ2v) is 5.54. The van der Waals surface area contributed by atoms with Crippen molar-refractivity contribution in [2.24, 2.45) is 5.84 Å². The van der Waals surface area contributed by atoms with E-state index >= 15 is 0 Å². The van der Waals surface area contributed by atoms with E-state index in [2.05, 4.69) is 44.4 Å². The van der Waals surface area contributed by atoms with E-state index in [4.69, 9.17) is 5.84 Å². The highest BCUT2D eigenvalue weighted by molar-refractivity contribution is 7.99. The Balaban J connectivity index is 2.62. The van der Waals surface area contributed by atoms with Crippen LogP contribution in [0.15, 0.2) is 18.2 Å². The molecular weight excluding hydrogens is 216 g/mol. The van der Waals surface area contributed by atoms with Gasteiger partial charge in [0.1, 0.15) is 0 Å². The molecule has 16 heavy (non-hydrogen) atoms. The van der Waals surface area contributed by atoms with Crippen molar-refractivity contribution in [1.82, 2.24) is 5.43 Å². The normalized spacial score (nSPS) is 12.8. The Morgan fingerprint density at radius 2 is 1.88 bits per heavy atom. The molecule has 0 aliphatic carbocycles. The van der Waals surface area contributed by atoms with E-state index < -0.39 is 0 Å². The summed E-state index contributed by atoms with van der Waals surface area (Å²) in [6.45, 7) is 6.46. The van der Waals surface area contributed by atoms with Crippen molar-refractivity contribution in [3.8, 4) is 0 Å². The molecule has 3 N–H and O–H groups in total.